The predicted molar refractivity (Wildman–Crippen MR) is 190 cm³/mol. The molecule has 5 rings (SSSR count). The Balaban J connectivity index is 1.35. The molecule has 0 radical (unpaired) electrons. The van der Waals surface area contributed by atoms with Gasteiger partial charge < -0.3 is 33.9 Å². The monoisotopic (exact) mass is 729 g/mol. The molecule has 2 atom stereocenters. The quantitative estimate of drug-likeness (QED) is 0.135. The van der Waals surface area contributed by atoms with Crippen molar-refractivity contribution in [2.45, 2.75) is 44.1 Å². The number of fused-ring (bicyclic) bond motifs is 1. The smallest absolute Gasteiger partial charge is 0.325 e. The molecule has 12 nitrogen and oxygen atoms in total. The molecule has 2 aliphatic heterocycles. The number of rotatable bonds is 16. The molecule has 2 saturated heterocycles. The number of hydrogen-bond acceptors (Lipinski definition) is 8. The van der Waals surface area contributed by atoms with Crippen LogP contribution in [0.5, 0.6) is 5.75 Å². The molecule has 2 aliphatic rings. The molecule has 3 amide bonds. The summed E-state index contributed by atoms with van der Waals surface area (Å²) in [7, 11) is 1.60. The van der Waals surface area contributed by atoms with E-state index in [-0.39, 0.29) is 38.6 Å². The molecule has 2 aromatic carbocycles. The molecule has 0 saturated carbocycles. The van der Waals surface area contributed by atoms with Gasteiger partial charge in [-0.05, 0) is 61.2 Å². The molecule has 1 aromatic heterocycles. The van der Waals surface area contributed by atoms with Gasteiger partial charge in [0.25, 0.3) is 0 Å². The number of nitrogens with zero attached hydrogens (tertiary/aromatic N) is 4. The number of methoxy groups -OCH3 is 1. The normalized spacial score (nSPS) is 17.6. The fourth-order valence-electron chi connectivity index (χ4n) is 6.44. The minimum Gasteiger partial charge on any atom is -0.497 e. The van der Waals surface area contributed by atoms with Gasteiger partial charge >= 0.3 is 5.97 Å². The Morgan fingerprint density at radius 2 is 1.86 bits per heavy atom. The summed E-state index contributed by atoms with van der Waals surface area (Å²) in [5.41, 5.74) is 1.88. The first kappa shape index (κ1) is 37.4. The van der Waals surface area contributed by atoms with E-state index in [1.807, 2.05) is 36.5 Å². The van der Waals surface area contributed by atoms with Crippen molar-refractivity contribution in [3.63, 3.8) is 0 Å². The number of esters is 1. The van der Waals surface area contributed by atoms with E-state index in [0.717, 1.165) is 41.7 Å². The van der Waals surface area contributed by atoms with Crippen molar-refractivity contribution < 1.29 is 33.4 Å². The van der Waals surface area contributed by atoms with Gasteiger partial charge in [0.2, 0.25) is 17.7 Å². The summed E-state index contributed by atoms with van der Waals surface area (Å²) < 4.78 is 16.0. The first-order chi connectivity index (χ1) is 24.2. The molecule has 2 unspecified atom stereocenters. The Morgan fingerprint density at radius 3 is 2.58 bits per heavy atom. The number of H-pyrrole nitrogens is 1. The largest absolute Gasteiger partial charge is 0.497 e. The van der Waals surface area contributed by atoms with Crippen molar-refractivity contribution in [1.82, 2.24) is 24.6 Å². The number of halogens is 2. The SMILES string of the molecule is CCOC(=O)CN(CCc1c[nH]c2ccc(OC)cc12)C(=O)CC1C(=O)N(C(Cl)Cc2ccc(Cl)cc2)CC(=O)N1CCCN1CCOCC1. The number of benzene rings is 2. The molecule has 14 heteroatoms. The van der Waals surface area contributed by atoms with Crippen molar-refractivity contribution in [1.29, 1.82) is 0 Å². The highest BCUT2D eigenvalue weighted by Crippen LogP contribution is 2.26. The highest BCUT2D eigenvalue weighted by molar-refractivity contribution is 6.30. The molecule has 270 valence electrons. The van der Waals surface area contributed by atoms with Gasteiger partial charge in [-0.1, -0.05) is 35.3 Å². The number of piperazine rings is 1. The first-order valence-corrected chi connectivity index (χ1v) is 17.8. The van der Waals surface area contributed by atoms with Crippen LogP contribution >= 0.6 is 23.2 Å². The third-order valence-corrected chi connectivity index (χ3v) is 9.82. The summed E-state index contributed by atoms with van der Waals surface area (Å²) in [6.45, 7) is 5.49. The standard InChI is InChI=1S/C36H45Cl2N5O7/c1-3-50-35(46)24-41(14-11-26-22-39-30-10-9-28(48-2)20-29(26)30)33(44)21-31-36(47)43(32(38)19-25-5-7-27(37)8-6-25)23-34(45)42(31)13-4-12-40-15-17-49-18-16-40/h5-10,20,22,31-32,39H,3-4,11-19,21,23-24H2,1-2H3. The maximum atomic E-state index is 14.2. The summed E-state index contributed by atoms with van der Waals surface area (Å²) in [5, 5.41) is 1.52. The van der Waals surface area contributed by atoms with Gasteiger partial charge in [0.15, 0.2) is 0 Å². The molecule has 3 heterocycles. The van der Waals surface area contributed by atoms with Crippen molar-refractivity contribution in [2.75, 3.05) is 72.7 Å². The average molecular weight is 731 g/mol. The number of aromatic amines is 1. The molecular weight excluding hydrogens is 685 g/mol. The number of carbonyl (C=O) groups excluding carboxylic acids is 4. The van der Waals surface area contributed by atoms with Gasteiger partial charge in [-0.3, -0.25) is 24.1 Å². The highest BCUT2D eigenvalue weighted by Gasteiger charge is 2.43. The van der Waals surface area contributed by atoms with Gasteiger partial charge in [0, 0.05) is 61.3 Å². The van der Waals surface area contributed by atoms with Crippen LogP contribution in [-0.4, -0.2) is 133 Å². The zero-order valence-electron chi connectivity index (χ0n) is 28.6. The summed E-state index contributed by atoms with van der Waals surface area (Å²) in [6, 6.07) is 11.7. The number of hydrogen-bond donors (Lipinski definition) is 1. The minimum atomic E-state index is -1.08. The van der Waals surface area contributed by atoms with E-state index in [4.69, 9.17) is 37.4 Å². The van der Waals surface area contributed by atoms with Crippen molar-refractivity contribution in [2.24, 2.45) is 0 Å². The number of amides is 3. The lowest BCUT2D eigenvalue weighted by Crippen LogP contribution is -2.63. The topological polar surface area (TPSA) is 125 Å². The second kappa shape index (κ2) is 17.9. The van der Waals surface area contributed by atoms with Crippen molar-refractivity contribution >= 4 is 57.8 Å². The lowest BCUT2D eigenvalue weighted by atomic mass is 10.0. The van der Waals surface area contributed by atoms with Crippen LogP contribution in [0.15, 0.2) is 48.7 Å². The van der Waals surface area contributed by atoms with Crippen LogP contribution in [-0.2, 0) is 41.5 Å². The van der Waals surface area contributed by atoms with Crippen LogP contribution in [0.4, 0.5) is 0 Å². The third kappa shape index (κ3) is 9.69. The van der Waals surface area contributed by atoms with Crippen LogP contribution in [0.2, 0.25) is 5.02 Å². The Hall–Kier alpha value is -3.84. The van der Waals surface area contributed by atoms with Crippen LogP contribution in [0.25, 0.3) is 10.9 Å². The van der Waals surface area contributed by atoms with E-state index in [1.165, 1.54) is 14.7 Å². The van der Waals surface area contributed by atoms with Gasteiger partial charge in [0.1, 0.15) is 30.4 Å². The molecular formula is C36H45Cl2N5O7. The summed E-state index contributed by atoms with van der Waals surface area (Å²) in [4.78, 5) is 64.5. The lowest BCUT2D eigenvalue weighted by molar-refractivity contribution is -0.159. The van der Waals surface area contributed by atoms with Crippen LogP contribution in [0.3, 0.4) is 0 Å². The Bertz CT molecular complexity index is 1630. The zero-order valence-corrected chi connectivity index (χ0v) is 30.1. The second-order valence-electron chi connectivity index (χ2n) is 12.4. The number of nitrogens with one attached hydrogen (secondary N) is 1. The number of carbonyl (C=O) groups is 4. The fraction of sp³-hybridized carbons (Fsp3) is 0.500. The zero-order chi connectivity index (χ0) is 35.6. The molecule has 0 spiro atoms. The molecule has 0 bridgehead atoms. The molecule has 0 aliphatic carbocycles. The molecule has 3 aromatic rings. The highest BCUT2D eigenvalue weighted by atomic mass is 35.5. The van der Waals surface area contributed by atoms with Crippen molar-refractivity contribution in [3.05, 3.63) is 64.8 Å². The fourth-order valence-corrected chi connectivity index (χ4v) is 6.91. The number of aromatic nitrogens is 1. The van der Waals surface area contributed by atoms with Gasteiger partial charge in [0.05, 0.1) is 33.4 Å². The molecule has 50 heavy (non-hydrogen) atoms. The van der Waals surface area contributed by atoms with Crippen molar-refractivity contribution in [3.8, 4) is 5.75 Å². The summed E-state index contributed by atoms with van der Waals surface area (Å²) in [5.74, 6) is -0.982. The summed E-state index contributed by atoms with van der Waals surface area (Å²) in [6.07, 6.45) is 2.91. The Kier molecular flexibility index (Phi) is 13.4. The van der Waals surface area contributed by atoms with Gasteiger partial charge in [-0.25, -0.2) is 0 Å². The van der Waals surface area contributed by atoms with Crippen LogP contribution in [0, 0.1) is 0 Å². The average Bonchev–Trinajstić information content (AvgIpc) is 3.52. The van der Waals surface area contributed by atoms with Crippen LogP contribution < -0.4 is 4.74 Å². The first-order valence-electron chi connectivity index (χ1n) is 17.0. The number of alkyl halides is 1. The maximum Gasteiger partial charge on any atom is 0.325 e. The van der Waals surface area contributed by atoms with E-state index in [0.29, 0.717) is 49.8 Å². The number of ether oxygens (including phenoxy) is 3. The third-order valence-electron chi connectivity index (χ3n) is 9.17. The molecule has 1 N–H and O–H groups in total. The maximum absolute atomic E-state index is 14.2. The predicted octanol–water partition coefficient (Wildman–Crippen LogP) is 3.72. The molecule has 2 fully saturated rings. The van der Waals surface area contributed by atoms with E-state index >= 15 is 0 Å². The van der Waals surface area contributed by atoms with E-state index < -0.39 is 29.3 Å². The Labute approximate surface area is 302 Å². The number of morpholine rings is 1. The second-order valence-corrected chi connectivity index (χ2v) is 13.4. The van der Waals surface area contributed by atoms with Gasteiger partial charge in [-0.15, -0.1) is 0 Å². The van der Waals surface area contributed by atoms with E-state index in [2.05, 4.69) is 9.88 Å². The van der Waals surface area contributed by atoms with E-state index in [9.17, 15) is 19.2 Å². The minimum absolute atomic E-state index is 0.162. The summed E-state index contributed by atoms with van der Waals surface area (Å²) >= 11 is 12.9. The van der Waals surface area contributed by atoms with E-state index in [1.54, 1.807) is 26.2 Å². The van der Waals surface area contributed by atoms with Gasteiger partial charge in [-0.2, -0.15) is 0 Å². The Morgan fingerprint density at radius 1 is 1.10 bits per heavy atom. The lowest BCUT2D eigenvalue weighted by Gasteiger charge is -2.42. The van der Waals surface area contributed by atoms with Crippen LogP contribution in [0.1, 0.15) is 30.9 Å².